The van der Waals surface area contributed by atoms with Gasteiger partial charge in [-0.25, -0.2) is 0 Å². The second-order valence-electron chi connectivity index (χ2n) is 5.12. The third-order valence-corrected chi connectivity index (χ3v) is 4.18. The number of unbranched alkanes of at least 4 members (excludes halogenated alkanes) is 1. The van der Waals surface area contributed by atoms with E-state index >= 15 is 0 Å². The fraction of sp³-hybridized carbons (Fsp3) is 0.667. The van der Waals surface area contributed by atoms with E-state index in [1.54, 1.807) is 11.3 Å². The number of hydrogen-bond donors (Lipinski definition) is 1. The largest absolute Gasteiger partial charge is 0.468 e. The molecule has 1 N–H and O–H groups in total. The first-order chi connectivity index (χ1) is 9.10. The number of methoxy groups -OCH3 is 1. The third kappa shape index (κ3) is 4.96. The molecule has 1 heterocycles. The van der Waals surface area contributed by atoms with E-state index in [4.69, 9.17) is 4.74 Å². The molecular formula is C15H25NO2S. The molecule has 1 aromatic rings. The Kier molecular flexibility index (Phi) is 7.10. The number of ether oxygens (including phenoxy) is 1. The van der Waals surface area contributed by atoms with Gasteiger partial charge in [0.15, 0.2) is 0 Å². The van der Waals surface area contributed by atoms with Gasteiger partial charge in [0.25, 0.3) is 0 Å². The Morgan fingerprint density at radius 1 is 1.47 bits per heavy atom. The molecule has 4 heteroatoms. The van der Waals surface area contributed by atoms with E-state index in [0.29, 0.717) is 5.92 Å². The lowest BCUT2D eigenvalue weighted by Gasteiger charge is -2.26. The van der Waals surface area contributed by atoms with Gasteiger partial charge in [0.05, 0.1) is 7.11 Å². The molecule has 2 unspecified atom stereocenters. The summed E-state index contributed by atoms with van der Waals surface area (Å²) >= 11 is 1.73. The number of hydrogen-bond acceptors (Lipinski definition) is 4. The van der Waals surface area contributed by atoms with Crippen molar-refractivity contribution in [3.05, 3.63) is 22.4 Å². The fourth-order valence-electron chi connectivity index (χ4n) is 2.11. The minimum atomic E-state index is -0.209. The smallest absolute Gasteiger partial charge is 0.322 e. The van der Waals surface area contributed by atoms with E-state index in [9.17, 15) is 4.79 Å². The van der Waals surface area contributed by atoms with Crippen molar-refractivity contribution >= 4 is 17.3 Å². The molecule has 0 aliphatic rings. The molecule has 0 radical (unpaired) electrons. The van der Waals surface area contributed by atoms with Crippen molar-refractivity contribution < 1.29 is 9.53 Å². The summed E-state index contributed by atoms with van der Waals surface area (Å²) in [4.78, 5) is 13.1. The lowest BCUT2D eigenvalue weighted by molar-refractivity contribution is -0.143. The van der Waals surface area contributed by atoms with Crippen LogP contribution in [0.15, 0.2) is 17.5 Å². The van der Waals surface area contributed by atoms with E-state index in [1.807, 2.05) is 0 Å². The molecule has 1 aromatic heterocycles. The molecule has 0 spiro atoms. The molecule has 2 atom stereocenters. The lowest BCUT2D eigenvalue weighted by Crippen LogP contribution is -2.41. The van der Waals surface area contributed by atoms with Gasteiger partial charge in [-0.1, -0.05) is 39.7 Å². The van der Waals surface area contributed by atoms with E-state index < -0.39 is 0 Å². The fourth-order valence-corrected chi connectivity index (χ4v) is 3.07. The van der Waals surface area contributed by atoms with Crippen molar-refractivity contribution in [1.82, 2.24) is 5.32 Å². The highest BCUT2D eigenvalue weighted by Gasteiger charge is 2.25. The van der Waals surface area contributed by atoms with E-state index in [1.165, 1.54) is 12.0 Å². The summed E-state index contributed by atoms with van der Waals surface area (Å²) in [5, 5.41) is 5.55. The number of thiophene rings is 1. The summed E-state index contributed by atoms with van der Waals surface area (Å²) < 4.78 is 4.91. The monoisotopic (exact) mass is 283 g/mol. The van der Waals surface area contributed by atoms with E-state index in [0.717, 1.165) is 19.3 Å². The van der Waals surface area contributed by atoms with Crippen LogP contribution in [-0.4, -0.2) is 19.1 Å². The van der Waals surface area contributed by atoms with E-state index in [-0.39, 0.29) is 18.1 Å². The maximum absolute atomic E-state index is 11.9. The minimum Gasteiger partial charge on any atom is -0.468 e. The van der Waals surface area contributed by atoms with Gasteiger partial charge in [-0.3, -0.25) is 10.1 Å². The molecule has 0 saturated heterocycles. The minimum absolute atomic E-state index is 0.157. The molecule has 0 amide bonds. The Hall–Kier alpha value is -0.870. The molecule has 0 fully saturated rings. The number of nitrogens with one attached hydrogen (secondary N) is 1. The standard InChI is InChI=1S/C15H25NO2S/c1-5-6-8-12(15(17)18-4)16-14(11(2)3)13-9-7-10-19-13/h7,9-12,14,16H,5-6,8H2,1-4H3. The summed E-state index contributed by atoms with van der Waals surface area (Å²) in [5.74, 6) is 0.281. The quantitative estimate of drug-likeness (QED) is 0.738. The van der Waals surface area contributed by atoms with Crippen molar-refractivity contribution in [2.24, 2.45) is 5.92 Å². The Labute approximate surface area is 120 Å². The Morgan fingerprint density at radius 3 is 2.68 bits per heavy atom. The van der Waals surface area contributed by atoms with Crippen LogP contribution in [0.4, 0.5) is 0 Å². The van der Waals surface area contributed by atoms with Gasteiger partial charge < -0.3 is 4.74 Å². The van der Waals surface area contributed by atoms with Crippen LogP contribution in [0.2, 0.25) is 0 Å². The molecule has 0 bridgehead atoms. The molecule has 0 saturated carbocycles. The average Bonchev–Trinajstić information content (AvgIpc) is 2.91. The molecule has 0 aliphatic carbocycles. The van der Waals surface area contributed by atoms with Gasteiger partial charge in [0, 0.05) is 10.9 Å². The third-order valence-electron chi connectivity index (χ3n) is 3.23. The van der Waals surface area contributed by atoms with Gasteiger partial charge >= 0.3 is 5.97 Å². The Balaban J connectivity index is 2.75. The highest BCUT2D eigenvalue weighted by atomic mass is 32.1. The summed E-state index contributed by atoms with van der Waals surface area (Å²) in [5.41, 5.74) is 0. The van der Waals surface area contributed by atoms with Crippen LogP contribution >= 0.6 is 11.3 Å². The van der Waals surface area contributed by atoms with Crippen molar-refractivity contribution in [1.29, 1.82) is 0 Å². The Morgan fingerprint density at radius 2 is 2.21 bits per heavy atom. The molecule has 19 heavy (non-hydrogen) atoms. The van der Waals surface area contributed by atoms with Gasteiger partial charge in [-0.05, 0) is 23.8 Å². The molecule has 0 aliphatic heterocycles. The normalized spacial score (nSPS) is 14.4. The summed E-state index contributed by atoms with van der Waals surface area (Å²) in [7, 11) is 1.46. The van der Waals surface area contributed by atoms with E-state index in [2.05, 4.69) is 43.6 Å². The zero-order valence-corrected chi connectivity index (χ0v) is 13.1. The molecule has 3 nitrogen and oxygen atoms in total. The summed E-state index contributed by atoms with van der Waals surface area (Å²) in [6.07, 6.45) is 2.94. The van der Waals surface area contributed by atoms with Crippen LogP contribution in [0.1, 0.15) is 51.0 Å². The average molecular weight is 283 g/mol. The van der Waals surface area contributed by atoms with Crippen LogP contribution in [0.3, 0.4) is 0 Å². The second-order valence-corrected chi connectivity index (χ2v) is 6.10. The Bertz CT molecular complexity index is 362. The van der Waals surface area contributed by atoms with Crippen LogP contribution in [0.25, 0.3) is 0 Å². The molecular weight excluding hydrogens is 258 g/mol. The van der Waals surface area contributed by atoms with Crippen LogP contribution in [-0.2, 0) is 9.53 Å². The van der Waals surface area contributed by atoms with Gasteiger partial charge in [-0.2, -0.15) is 0 Å². The first-order valence-electron chi connectivity index (χ1n) is 6.97. The maximum atomic E-state index is 11.9. The number of carbonyl (C=O) groups is 1. The van der Waals surface area contributed by atoms with Crippen LogP contribution < -0.4 is 5.32 Å². The first-order valence-corrected chi connectivity index (χ1v) is 7.85. The first kappa shape index (κ1) is 16.2. The predicted molar refractivity (Wildman–Crippen MR) is 80.4 cm³/mol. The zero-order valence-electron chi connectivity index (χ0n) is 12.3. The summed E-state index contributed by atoms with van der Waals surface area (Å²) in [6, 6.07) is 4.17. The van der Waals surface area contributed by atoms with Gasteiger partial charge in [0.1, 0.15) is 6.04 Å². The summed E-state index contributed by atoms with van der Waals surface area (Å²) in [6.45, 7) is 6.48. The number of rotatable bonds is 8. The topological polar surface area (TPSA) is 38.3 Å². The molecule has 0 aromatic carbocycles. The van der Waals surface area contributed by atoms with Gasteiger partial charge in [-0.15, -0.1) is 11.3 Å². The zero-order chi connectivity index (χ0) is 14.3. The second kappa shape index (κ2) is 8.33. The molecule has 108 valence electrons. The van der Waals surface area contributed by atoms with Crippen molar-refractivity contribution in [3.63, 3.8) is 0 Å². The van der Waals surface area contributed by atoms with Crippen molar-refractivity contribution in [2.45, 2.75) is 52.1 Å². The van der Waals surface area contributed by atoms with Crippen LogP contribution in [0.5, 0.6) is 0 Å². The maximum Gasteiger partial charge on any atom is 0.322 e. The number of esters is 1. The van der Waals surface area contributed by atoms with Crippen LogP contribution in [0, 0.1) is 5.92 Å². The molecule has 1 rings (SSSR count). The highest BCUT2D eigenvalue weighted by molar-refractivity contribution is 7.10. The highest BCUT2D eigenvalue weighted by Crippen LogP contribution is 2.27. The van der Waals surface area contributed by atoms with Crippen molar-refractivity contribution in [3.8, 4) is 0 Å². The SMILES string of the molecule is CCCCC(NC(c1cccs1)C(C)C)C(=O)OC. The number of carbonyl (C=O) groups excluding carboxylic acids is 1. The van der Waals surface area contributed by atoms with Gasteiger partial charge in [0.2, 0.25) is 0 Å². The lowest BCUT2D eigenvalue weighted by atomic mass is 10.00. The predicted octanol–water partition coefficient (Wildman–Crippen LogP) is 3.77. The van der Waals surface area contributed by atoms with Crippen molar-refractivity contribution in [2.75, 3.05) is 7.11 Å².